The summed E-state index contributed by atoms with van der Waals surface area (Å²) in [6.45, 7) is 1.80. The Bertz CT molecular complexity index is 1280. The third-order valence-electron chi connectivity index (χ3n) is 5.42. The standard InChI is InChI=1S/C24H22ClN3O4/c1-16-20(14-23(29)27(31)15-26-11-3-4-12-26)21-13-19(32-2)9-10-22(21)28(16)24(30)17-5-7-18(25)8-6-17/h3-13,31H,14-15H2,1-2H3. The van der Waals surface area contributed by atoms with Gasteiger partial charge in [-0.1, -0.05) is 11.6 Å². The molecular weight excluding hydrogens is 430 g/mol. The number of methoxy groups -OCH3 is 1. The van der Waals surface area contributed by atoms with Gasteiger partial charge in [-0.2, -0.15) is 0 Å². The number of rotatable bonds is 6. The van der Waals surface area contributed by atoms with Crippen molar-refractivity contribution in [3.05, 3.63) is 88.8 Å². The molecule has 0 unspecified atom stereocenters. The van der Waals surface area contributed by atoms with Crippen LogP contribution in [0.5, 0.6) is 5.75 Å². The summed E-state index contributed by atoms with van der Waals surface area (Å²) in [4.78, 5) is 26.1. The van der Waals surface area contributed by atoms with Crippen LogP contribution in [0.4, 0.5) is 0 Å². The summed E-state index contributed by atoms with van der Waals surface area (Å²) in [6, 6.07) is 15.6. The lowest BCUT2D eigenvalue weighted by molar-refractivity contribution is -0.172. The van der Waals surface area contributed by atoms with E-state index in [1.165, 1.54) is 0 Å². The maximum absolute atomic E-state index is 13.3. The zero-order valence-electron chi connectivity index (χ0n) is 17.7. The minimum absolute atomic E-state index is 0.0105. The molecule has 0 saturated carbocycles. The highest BCUT2D eigenvalue weighted by molar-refractivity contribution is 6.30. The summed E-state index contributed by atoms with van der Waals surface area (Å²) >= 11 is 5.96. The summed E-state index contributed by atoms with van der Waals surface area (Å²) in [6.07, 6.45) is 3.43. The quantitative estimate of drug-likeness (QED) is 0.345. The molecule has 0 aliphatic rings. The zero-order chi connectivity index (χ0) is 22.8. The largest absolute Gasteiger partial charge is 0.497 e. The van der Waals surface area contributed by atoms with Gasteiger partial charge in [-0.25, -0.2) is 5.06 Å². The SMILES string of the molecule is COc1ccc2c(c1)c(CC(=O)N(O)Cn1cccc1)c(C)n2C(=O)c1ccc(Cl)cc1. The first kappa shape index (κ1) is 21.7. The summed E-state index contributed by atoms with van der Waals surface area (Å²) in [5, 5.41) is 12.2. The second kappa shape index (κ2) is 8.90. The first-order valence-corrected chi connectivity index (χ1v) is 10.3. The molecule has 164 valence electrons. The number of nitrogens with zero attached hydrogens (tertiary/aromatic N) is 3. The second-order valence-corrected chi connectivity index (χ2v) is 7.84. The maximum atomic E-state index is 13.3. The third-order valence-corrected chi connectivity index (χ3v) is 5.67. The van der Waals surface area contributed by atoms with Crippen molar-refractivity contribution < 1.29 is 19.5 Å². The average molecular weight is 452 g/mol. The van der Waals surface area contributed by atoms with Crippen LogP contribution in [0.2, 0.25) is 5.02 Å². The Labute approximate surface area is 190 Å². The number of hydrogen-bond acceptors (Lipinski definition) is 4. The molecule has 1 N–H and O–H groups in total. The number of amides is 1. The van der Waals surface area contributed by atoms with Gasteiger partial charge < -0.3 is 9.30 Å². The molecule has 7 nitrogen and oxygen atoms in total. The van der Waals surface area contributed by atoms with Gasteiger partial charge in [0.2, 0.25) is 0 Å². The van der Waals surface area contributed by atoms with Gasteiger partial charge in [0.25, 0.3) is 11.8 Å². The number of ether oxygens (including phenoxy) is 1. The molecule has 0 aliphatic heterocycles. The lowest BCUT2D eigenvalue weighted by Crippen LogP contribution is -2.30. The average Bonchev–Trinajstić information content (AvgIpc) is 3.39. The number of fused-ring (bicyclic) bond motifs is 1. The van der Waals surface area contributed by atoms with Crippen molar-refractivity contribution in [3.8, 4) is 5.75 Å². The van der Waals surface area contributed by atoms with E-state index in [1.807, 2.05) is 12.1 Å². The van der Waals surface area contributed by atoms with Crippen LogP contribution in [0.1, 0.15) is 21.6 Å². The van der Waals surface area contributed by atoms with Gasteiger partial charge in [-0.15, -0.1) is 0 Å². The molecule has 2 heterocycles. The first-order chi connectivity index (χ1) is 15.4. The van der Waals surface area contributed by atoms with Crippen molar-refractivity contribution in [1.29, 1.82) is 0 Å². The molecule has 0 atom stereocenters. The van der Waals surface area contributed by atoms with Crippen molar-refractivity contribution in [2.24, 2.45) is 0 Å². The van der Waals surface area contributed by atoms with Crippen molar-refractivity contribution in [3.63, 3.8) is 0 Å². The Kier molecular flexibility index (Phi) is 6.03. The monoisotopic (exact) mass is 451 g/mol. The molecule has 2 aromatic carbocycles. The Morgan fingerprint density at radius 3 is 2.44 bits per heavy atom. The summed E-state index contributed by atoms with van der Waals surface area (Å²) < 4.78 is 8.61. The summed E-state index contributed by atoms with van der Waals surface area (Å²) in [5.41, 5.74) is 2.40. The predicted molar refractivity (Wildman–Crippen MR) is 121 cm³/mol. The zero-order valence-corrected chi connectivity index (χ0v) is 18.4. The number of carbonyl (C=O) groups excluding carboxylic acids is 2. The van der Waals surface area contributed by atoms with Crippen LogP contribution < -0.4 is 4.74 Å². The van der Waals surface area contributed by atoms with Gasteiger partial charge >= 0.3 is 0 Å². The van der Waals surface area contributed by atoms with E-state index in [9.17, 15) is 14.8 Å². The van der Waals surface area contributed by atoms with Crippen molar-refractivity contribution in [1.82, 2.24) is 14.2 Å². The summed E-state index contributed by atoms with van der Waals surface area (Å²) in [7, 11) is 1.56. The lowest BCUT2D eigenvalue weighted by atomic mass is 10.1. The Hall–Kier alpha value is -3.55. The normalized spacial score (nSPS) is 11.0. The van der Waals surface area contributed by atoms with Gasteiger partial charge in [0.1, 0.15) is 12.4 Å². The highest BCUT2D eigenvalue weighted by Crippen LogP contribution is 2.31. The summed E-state index contributed by atoms with van der Waals surface area (Å²) in [5.74, 6) is -0.112. The van der Waals surface area contributed by atoms with E-state index in [1.54, 1.807) is 78.0 Å². The van der Waals surface area contributed by atoms with E-state index < -0.39 is 5.91 Å². The molecule has 0 spiro atoms. The fourth-order valence-corrected chi connectivity index (χ4v) is 3.86. The maximum Gasteiger partial charge on any atom is 0.262 e. The van der Waals surface area contributed by atoms with Crippen LogP contribution in [0.3, 0.4) is 0 Å². The van der Waals surface area contributed by atoms with Crippen LogP contribution in [0.15, 0.2) is 67.0 Å². The van der Waals surface area contributed by atoms with Crippen molar-refractivity contribution in [2.45, 2.75) is 20.0 Å². The van der Waals surface area contributed by atoms with Gasteiger partial charge in [-0.05, 0) is 67.1 Å². The minimum atomic E-state index is -0.484. The van der Waals surface area contributed by atoms with E-state index in [4.69, 9.17) is 16.3 Å². The van der Waals surface area contributed by atoms with Gasteiger partial charge in [0.15, 0.2) is 0 Å². The van der Waals surface area contributed by atoms with Gasteiger partial charge in [-0.3, -0.25) is 19.4 Å². The number of halogens is 1. The number of benzene rings is 2. The molecule has 0 fully saturated rings. The molecule has 1 amide bonds. The molecule has 8 heteroatoms. The predicted octanol–water partition coefficient (Wildman–Crippen LogP) is 4.52. The van der Waals surface area contributed by atoms with E-state index >= 15 is 0 Å². The second-order valence-electron chi connectivity index (χ2n) is 7.40. The number of carbonyl (C=O) groups is 2. The van der Waals surface area contributed by atoms with Crippen LogP contribution in [-0.2, 0) is 17.9 Å². The number of aromatic nitrogens is 2. The van der Waals surface area contributed by atoms with Gasteiger partial charge in [0, 0.05) is 34.1 Å². The van der Waals surface area contributed by atoms with Crippen molar-refractivity contribution in [2.75, 3.05) is 7.11 Å². The Morgan fingerprint density at radius 1 is 1.09 bits per heavy atom. The molecule has 0 aliphatic carbocycles. The smallest absolute Gasteiger partial charge is 0.262 e. The number of hydroxylamine groups is 2. The topological polar surface area (TPSA) is 76.7 Å². The molecule has 4 rings (SSSR count). The van der Waals surface area contributed by atoms with Crippen LogP contribution in [-0.4, -0.2) is 38.3 Å². The molecular formula is C24H22ClN3O4. The third kappa shape index (κ3) is 4.12. The van der Waals surface area contributed by atoms with E-state index in [0.29, 0.717) is 43.6 Å². The molecule has 0 bridgehead atoms. The fourth-order valence-electron chi connectivity index (χ4n) is 3.74. The Balaban J connectivity index is 1.74. The van der Waals surface area contributed by atoms with Gasteiger partial charge in [0.05, 0.1) is 19.0 Å². The van der Waals surface area contributed by atoms with Crippen LogP contribution >= 0.6 is 11.6 Å². The molecule has 0 radical (unpaired) electrons. The Morgan fingerprint density at radius 2 is 1.78 bits per heavy atom. The van der Waals surface area contributed by atoms with E-state index in [0.717, 1.165) is 0 Å². The van der Waals surface area contributed by atoms with Crippen LogP contribution in [0, 0.1) is 6.92 Å². The number of hydrogen-bond donors (Lipinski definition) is 1. The molecule has 0 saturated heterocycles. The first-order valence-electron chi connectivity index (χ1n) is 9.97. The molecule has 2 aromatic heterocycles. The lowest BCUT2D eigenvalue weighted by Gasteiger charge is -2.16. The highest BCUT2D eigenvalue weighted by Gasteiger charge is 2.23. The fraction of sp³-hybridized carbons (Fsp3) is 0.167. The molecule has 32 heavy (non-hydrogen) atoms. The van der Waals surface area contributed by atoms with Crippen molar-refractivity contribution >= 4 is 34.3 Å². The highest BCUT2D eigenvalue weighted by atomic mass is 35.5. The minimum Gasteiger partial charge on any atom is -0.497 e. The van der Waals surface area contributed by atoms with Crippen LogP contribution in [0.25, 0.3) is 10.9 Å². The van der Waals surface area contributed by atoms with E-state index in [-0.39, 0.29) is 19.0 Å². The molecule has 4 aromatic rings. The van der Waals surface area contributed by atoms with E-state index in [2.05, 4.69) is 0 Å².